The largest absolute Gasteiger partial charge is 0.434 e. The van der Waals surface area contributed by atoms with E-state index in [9.17, 15) is 8.78 Å². The maximum atomic E-state index is 11.9. The van der Waals surface area contributed by atoms with Crippen molar-refractivity contribution in [1.82, 2.24) is 0 Å². The lowest BCUT2D eigenvalue weighted by molar-refractivity contribution is -0.0499. The number of oxime groups is 1. The Morgan fingerprint density at radius 1 is 1.50 bits per heavy atom. The molecule has 1 aromatic rings. The van der Waals surface area contributed by atoms with Crippen LogP contribution in [-0.4, -0.2) is 18.0 Å². The van der Waals surface area contributed by atoms with Crippen molar-refractivity contribution in [2.24, 2.45) is 5.16 Å². The first-order valence-corrected chi connectivity index (χ1v) is 4.34. The summed E-state index contributed by atoms with van der Waals surface area (Å²) in [6.07, 6.45) is 1.02. The molecule has 0 spiro atoms. The van der Waals surface area contributed by atoms with Crippen molar-refractivity contribution in [3.63, 3.8) is 0 Å². The van der Waals surface area contributed by atoms with Gasteiger partial charge in [0.15, 0.2) is 0 Å². The Balaban J connectivity index is 3.01. The van der Waals surface area contributed by atoms with Gasteiger partial charge in [-0.2, -0.15) is 8.78 Å². The SMILES string of the molecule is O/N=C/c1cc(Br)ccc1OC(F)F. The monoisotopic (exact) mass is 265 g/mol. The number of nitrogens with zero attached hydrogens (tertiary/aromatic N) is 1. The van der Waals surface area contributed by atoms with E-state index in [0.29, 0.717) is 4.47 Å². The summed E-state index contributed by atoms with van der Waals surface area (Å²) in [5.74, 6) is -0.0407. The molecule has 0 amide bonds. The Morgan fingerprint density at radius 2 is 2.21 bits per heavy atom. The van der Waals surface area contributed by atoms with Crippen LogP contribution in [0.3, 0.4) is 0 Å². The lowest BCUT2D eigenvalue weighted by atomic mass is 10.2. The van der Waals surface area contributed by atoms with Crippen LogP contribution in [0, 0.1) is 0 Å². The molecule has 3 nitrogen and oxygen atoms in total. The first-order valence-electron chi connectivity index (χ1n) is 3.55. The maximum Gasteiger partial charge on any atom is 0.387 e. The van der Waals surface area contributed by atoms with Gasteiger partial charge in [-0.25, -0.2) is 0 Å². The van der Waals surface area contributed by atoms with Crippen molar-refractivity contribution >= 4 is 22.1 Å². The van der Waals surface area contributed by atoms with E-state index in [4.69, 9.17) is 5.21 Å². The van der Waals surface area contributed by atoms with Gasteiger partial charge in [0.05, 0.1) is 6.21 Å². The van der Waals surface area contributed by atoms with Gasteiger partial charge in [0.25, 0.3) is 0 Å². The Bertz CT molecular complexity index is 344. The molecule has 0 saturated heterocycles. The van der Waals surface area contributed by atoms with E-state index in [2.05, 4.69) is 25.8 Å². The number of ether oxygens (including phenoxy) is 1. The van der Waals surface area contributed by atoms with E-state index < -0.39 is 6.61 Å². The van der Waals surface area contributed by atoms with Gasteiger partial charge in [-0.15, -0.1) is 0 Å². The molecule has 0 fully saturated rings. The maximum absolute atomic E-state index is 11.9. The van der Waals surface area contributed by atoms with Crippen LogP contribution >= 0.6 is 15.9 Å². The molecule has 0 atom stereocenters. The Kier molecular flexibility index (Phi) is 3.82. The van der Waals surface area contributed by atoms with Crippen molar-refractivity contribution in [3.8, 4) is 5.75 Å². The van der Waals surface area contributed by atoms with Gasteiger partial charge in [-0.05, 0) is 18.2 Å². The fraction of sp³-hybridized carbons (Fsp3) is 0.125. The molecule has 0 saturated carbocycles. The van der Waals surface area contributed by atoms with Crippen LogP contribution in [0.2, 0.25) is 0 Å². The highest BCUT2D eigenvalue weighted by Crippen LogP contribution is 2.23. The summed E-state index contributed by atoms with van der Waals surface area (Å²) in [5, 5.41) is 11.0. The predicted molar refractivity (Wildman–Crippen MR) is 50.2 cm³/mol. The summed E-state index contributed by atoms with van der Waals surface area (Å²) in [5.41, 5.74) is 0.266. The Hall–Kier alpha value is -1.17. The Morgan fingerprint density at radius 3 is 2.79 bits per heavy atom. The third-order valence-corrected chi connectivity index (χ3v) is 1.88. The number of hydrogen-bond acceptors (Lipinski definition) is 3. The van der Waals surface area contributed by atoms with Crippen molar-refractivity contribution in [1.29, 1.82) is 0 Å². The van der Waals surface area contributed by atoms with Gasteiger partial charge < -0.3 is 9.94 Å². The van der Waals surface area contributed by atoms with Crippen molar-refractivity contribution in [2.75, 3.05) is 0 Å². The van der Waals surface area contributed by atoms with Gasteiger partial charge in [0, 0.05) is 10.0 Å². The summed E-state index contributed by atoms with van der Waals surface area (Å²) in [6, 6.07) is 4.40. The number of hydrogen-bond donors (Lipinski definition) is 1. The minimum Gasteiger partial charge on any atom is -0.434 e. The molecule has 6 heteroatoms. The second-order valence-corrected chi connectivity index (χ2v) is 3.22. The van der Waals surface area contributed by atoms with E-state index in [1.54, 1.807) is 6.07 Å². The minimum absolute atomic E-state index is 0.0407. The third-order valence-electron chi connectivity index (χ3n) is 1.38. The smallest absolute Gasteiger partial charge is 0.387 e. The van der Waals surface area contributed by atoms with E-state index in [1.165, 1.54) is 12.1 Å². The normalized spacial score (nSPS) is 11.1. The average molecular weight is 266 g/mol. The highest BCUT2D eigenvalue weighted by molar-refractivity contribution is 9.10. The van der Waals surface area contributed by atoms with E-state index in [0.717, 1.165) is 6.21 Å². The van der Waals surface area contributed by atoms with Gasteiger partial charge in [0.2, 0.25) is 0 Å². The van der Waals surface area contributed by atoms with Crippen LogP contribution in [-0.2, 0) is 0 Å². The topological polar surface area (TPSA) is 41.8 Å². The molecule has 0 radical (unpaired) electrons. The van der Waals surface area contributed by atoms with Crippen LogP contribution in [0.1, 0.15) is 5.56 Å². The van der Waals surface area contributed by atoms with Crippen molar-refractivity contribution < 1.29 is 18.7 Å². The zero-order valence-corrected chi connectivity index (χ0v) is 8.41. The van der Waals surface area contributed by atoms with Crippen molar-refractivity contribution in [2.45, 2.75) is 6.61 Å². The fourth-order valence-electron chi connectivity index (χ4n) is 0.886. The summed E-state index contributed by atoms with van der Waals surface area (Å²) in [7, 11) is 0. The van der Waals surface area contributed by atoms with Crippen LogP contribution in [0.15, 0.2) is 27.8 Å². The fourth-order valence-corrected chi connectivity index (χ4v) is 1.26. The molecule has 0 aromatic heterocycles. The standard InChI is InChI=1S/C8H6BrF2NO2/c9-6-1-2-7(14-8(10)11)5(3-6)4-12-13/h1-4,8,13H/b12-4+. The number of halogens is 3. The molecule has 0 heterocycles. The van der Waals surface area contributed by atoms with Gasteiger partial charge in [-0.1, -0.05) is 21.1 Å². The highest BCUT2D eigenvalue weighted by atomic mass is 79.9. The summed E-state index contributed by atoms with van der Waals surface area (Å²) in [6.45, 7) is -2.90. The van der Waals surface area contributed by atoms with Crippen LogP contribution in [0.5, 0.6) is 5.75 Å². The molecule has 1 N–H and O–H groups in total. The predicted octanol–water partition coefficient (Wildman–Crippen LogP) is 2.86. The van der Waals surface area contributed by atoms with Crippen LogP contribution in [0.25, 0.3) is 0 Å². The molecule has 76 valence electrons. The molecular formula is C8H6BrF2NO2. The first kappa shape index (κ1) is 10.9. The van der Waals surface area contributed by atoms with E-state index in [1.807, 2.05) is 0 Å². The minimum atomic E-state index is -2.90. The quantitative estimate of drug-likeness (QED) is 0.519. The first-order chi connectivity index (χ1) is 6.63. The number of rotatable bonds is 3. The zero-order valence-electron chi connectivity index (χ0n) is 6.82. The Labute approximate surface area is 87.1 Å². The van der Waals surface area contributed by atoms with Gasteiger partial charge >= 0.3 is 6.61 Å². The van der Waals surface area contributed by atoms with Crippen LogP contribution < -0.4 is 4.74 Å². The molecular weight excluding hydrogens is 260 g/mol. The summed E-state index contributed by atoms with van der Waals surface area (Å²) in [4.78, 5) is 0. The lowest BCUT2D eigenvalue weighted by Gasteiger charge is -2.07. The lowest BCUT2D eigenvalue weighted by Crippen LogP contribution is -2.04. The van der Waals surface area contributed by atoms with Gasteiger partial charge in [-0.3, -0.25) is 0 Å². The zero-order chi connectivity index (χ0) is 10.6. The highest BCUT2D eigenvalue weighted by Gasteiger charge is 2.08. The average Bonchev–Trinajstić information content (AvgIpc) is 2.09. The molecule has 0 aliphatic heterocycles. The second kappa shape index (κ2) is 4.90. The molecule has 0 bridgehead atoms. The molecule has 0 aliphatic carbocycles. The summed E-state index contributed by atoms with van der Waals surface area (Å²) >= 11 is 3.15. The van der Waals surface area contributed by atoms with Crippen LogP contribution in [0.4, 0.5) is 8.78 Å². The van der Waals surface area contributed by atoms with Gasteiger partial charge in [0.1, 0.15) is 5.75 Å². The van der Waals surface area contributed by atoms with Crippen molar-refractivity contribution in [3.05, 3.63) is 28.2 Å². The molecule has 1 rings (SSSR count). The second-order valence-electron chi connectivity index (χ2n) is 2.31. The number of benzene rings is 1. The third kappa shape index (κ3) is 2.95. The molecule has 0 aliphatic rings. The number of alkyl halides is 2. The summed E-state index contributed by atoms with van der Waals surface area (Å²) < 4.78 is 28.7. The van der Waals surface area contributed by atoms with E-state index >= 15 is 0 Å². The molecule has 1 aromatic carbocycles. The molecule has 14 heavy (non-hydrogen) atoms. The van der Waals surface area contributed by atoms with E-state index in [-0.39, 0.29) is 11.3 Å². The molecule has 0 unspecified atom stereocenters.